The number of hydrogen-bond donors (Lipinski definition) is 3. The minimum Gasteiger partial charge on any atom is -0.480 e. The van der Waals surface area contributed by atoms with Crippen LogP contribution in [0.4, 0.5) is 0 Å². The summed E-state index contributed by atoms with van der Waals surface area (Å²) in [7, 11) is -3.60. The average molecular weight is 349 g/mol. The van der Waals surface area contributed by atoms with Crippen molar-refractivity contribution in [1.29, 1.82) is 0 Å². The van der Waals surface area contributed by atoms with Gasteiger partial charge in [0.15, 0.2) is 0 Å². The summed E-state index contributed by atoms with van der Waals surface area (Å²) in [6.07, 6.45) is 1.55. The first-order chi connectivity index (χ1) is 10.6. The monoisotopic (exact) mass is 349 g/mol. The molecule has 0 bridgehead atoms. The van der Waals surface area contributed by atoms with E-state index >= 15 is 0 Å². The zero-order chi connectivity index (χ0) is 17.6. The first kappa shape index (κ1) is 19.4. The number of carbonyl (C=O) groups excluding carboxylic acids is 2. The molecular formula is C13H23N3O6S. The van der Waals surface area contributed by atoms with Crippen molar-refractivity contribution in [3.63, 3.8) is 0 Å². The van der Waals surface area contributed by atoms with Gasteiger partial charge in [0, 0.05) is 32.4 Å². The number of nitrogens with zero attached hydrogens (tertiary/aromatic N) is 1. The molecule has 1 heterocycles. The number of likely N-dealkylation sites (tertiary alicyclic amines) is 1. The first-order valence-corrected chi connectivity index (χ1v) is 9.08. The van der Waals surface area contributed by atoms with Gasteiger partial charge in [0.2, 0.25) is 21.8 Å². The number of sulfonamides is 1. The number of nitrogens with one attached hydrogen (secondary N) is 1. The lowest BCUT2D eigenvalue weighted by Crippen LogP contribution is -2.39. The summed E-state index contributed by atoms with van der Waals surface area (Å²) in [5.41, 5.74) is 0. The van der Waals surface area contributed by atoms with Crippen LogP contribution in [0.25, 0.3) is 0 Å². The quantitative estimate of drug-likeness (QED) is 0.449. The minimum atomic E-state index is -3.60. The second kappa shape index (κ2) is 8.25. The zero-order valence-corrected chi connectivity index (χ0v) is 13.8. The van der Waals surface area contributed by atoms with E-state index in [1.807, 2.05) is 0 Å². The van der Waals surface area contributed by atoms with Crippen LogP contribution in [0.5, 0.6) is 0 Å². The van der Waals surface area contributed by atoms with Crippen LogP contribution >= 0.6 is 0 Å². The Kier molecular flexibility index (Phi) is 6.95. The van der Waals surface area contributed by atoms with Gasteiger partial charge in [-0.3, -0.25) is 9.59 Å². The van der Waals surface area contributed by atoms with Crippen molar-refractivity contribution in [3.8, 4) is 0 Å². The molecule has 1 aliphatic rings. The van der Waals surface area contributed by atoms with Gasteiger partial charge in [0.25, 0.3) is 0 Å². The Morgan fingerprint density at radius 2 is 2.09 bits per heavy atom. The molecule has 0 spiro atoms. The first-order valence-electron chi connectivity index (χ1n) is 7.36. The molecule has 0 aromatic carbocycles. The molecule has 1 aliphatic heterocycles. The van der Waals surface area contributed by atoms with Crippen LogP contribution in [0, 0.1) is 5.92 Å². The van der Waals surface area contributed by atoms with Gasteiger partial charge in [-0.1, -0.05) is 0 Å². The topological polar surface area (TPSA) is 147 Å². The molecule has 0 aliphatic carbocycles. The highest BCUT2D eigenvalue weighted by Gasteiger charge is 2.31. The molecule has 0 aromatic heterocycles. The Labute approximate surface area is 135 Å². The molecule has 1 fully saturated rings. The summed E-state index contributed by atoms with van der Waals surface area (Å²) in [6.45, 7) is 2.04. The van der Waals surface area contributed by atoms with E-state index in [2.05, 4.69) is 5.32 Å². The Morgan fingerprint density at radius 3 is 2.61 bits per heavy atom. The van der Waals surface area contributed by atoms with Crippen molar-refractivity contribution in [1.82, 2.24) is 10.2 Å². The number of rotatable bonds is 9. The van der Waals surface area contributed by atoms with Crippen molar-refractivity contribution in [2.45, 2.75) is 38.6 Å². The van der Waals surface area contributed by atoms with E-state index in [9.17, 15) is 22.8 Å². The number of hydrogen-bond acceptors (Lipinski definition) is 5. The third-order valence-electron chi connectivity index (χ3n) is 3.61. The molecule has 132 valence electrons. The number of aliphatic carboxylic acids is 1. The fraction of sp³-hybridized carbons (Fsp3) is 0.769. The lowest BCUT2D eigenvalue weighted by molar-refractivity contribution is -0.141. The standard InChI is InChI=1S/C13H23N3O6S/c1-9(17)15-11(13(19)20)4-2-3-5-16-7-10(6-12(16)18)8-23(14,21)22/h10-11H,2-8H2,1H3,(H,15,17)(H,19,20)(H2,14,21,22)/t10?,11-/m0/s1. The Balaban J connectivity index is 2.34. The SMILES string of the molecule is CC(=O)N[C@@H](CCCCN1CC(CS(N)(=O)=O)CC1=O)C(=O)O. The van der Waals surface area contributed by atoms with Crippen molar-refractivity contribution in [3.05, 3.63) is 0 Å². The molecule has 0 aromatic rings. The van der Waals surface area contributed by atoms with Gasteiger partial charge in [0.1, 0.15) is 6.04 Å². The van der Waals surface area contributed by atoms with Crippen molar-refractivity contribution in [2.24, 2.45) is 11.1 Å². The van der Waals surface area contributed by atoms with Crippen LogP contribution in [0.2, 0.25) is 0 Å². The Hall–Kier alpha value is -1.68. The lowest BCUT2D eigenvalue weighted by atomic mass is 10.1. The smallest absolute Gasteiger partial charge is 0.326 e. The summed E-state index contributed by atoms with van der Waals surface area (Å²) in [5, 5.41) is 16.3. The summed E-state index contributed by atoms with van der Waals surface area (Å²) in [5.74, 6) is -2.11. The molecule has 2 atom stereocenters. The summed E-state index contributed by atoms with van der Waals surface area (Å²) in [4.78, 5) is 35.2. The van der Waals surface area contributed by atoms with Crippen LogP contribution < -0.4 is 10.5 Å². The largest absolute Gasteiger partial charge is 0.480 e. The summed E-state index contributed by atoms with van der Waals surface area (Å²) < 4.78 is 22.1. The molecular weight excluding hydrogens is 326 g/mol. The van der Waals surface area contributed by atoms with Crippen LogP contribution in [-0.2, 0) is 24.4 Å². The number of primary sulfonamides is 1. The number of nitrogens with two attached hydrogens (primary N) is 1. The fourth-order valence-electron chi connectivity index (χ4n) is 2.66. The van der Waals surface area contributed by atoms with E-state index < -0.39 is 27.9 Å². The highest BCUT2D eigenvalue weighted by atomic mass is 32.2. The number of unbranched alkanes of at least 4 members (excludes halogenated alkanes) is 1. The normalized spacial score (nSPS) is 19.7. The van der Waals surface area contributed by atoms with E-state index in [1.165, 1.54) is 6.92 Å². The molecule has 1 rings (SSSR count). The molecule has 1 saturated heterocycles. The highest BCUT2D eigenvalue weighted by Crippen LogP contribution is 2.19. The van der Waals surface area contributed by atoms with E-state index in [0.717, 1.165) is 0 Å². The maximum Gasteiger partial charge on any atom is 0.326 e. The zero-order valence-electron chi connectivity index (χ0n) is 13.0. The number of carboxylic acid groups (broad SMARTS) is 1. The van der Waals surface area contributed by atoms with E-state index in [1.54, 1.807) is 4.90 Å². The molecule has 4 N–H and O–H groups in total. The highest BCUT2D eigenvalue weighted by molar-refractivity contribution is 7.89. The minimum absolute atomic E-state index is 0.115. The van der Waals surface area contributed by atoms with Gasteiger partial charge >= 0.3 is 5.97 Å². The van der Waals surface area contributed by atoms with Crippen LogP contribution in [0.15, 0.2) is 0 Å². The second-order valence-electron chi connectivity index (χ2n) is 5.83. The average Bonchev–Trinajstić information content (AvgIpc) is 2.70. The van der Waals surface area contributed by atoms with E-state index in [0.29, 0.717) is 25.9 Å². The summed E-state index contributed by atoms with van der Waals surface area (Å²) in [6, 6.07) is -0.933. The number of carboxylic acids is 1. The van der Waals surface area contributed by atoms with Crippen molar-refractivity contribution >= 4 is 27.8 Å². The maximum absolute atomic E-state index is 11.8. The molecule has 23 heavy (non-hydrogen) atoms. The molecule has 0 saturated carbocycles. The molecule has 1 unspecified atom stereocenters. The van der Waals surface area contributed by atoms with Gasteiger partial charge in [-0.05, 0) is 19.3 Å². The molecule has 10 heteroatoms. The summed E-state index contributed by atoms with van der Waals surface area (Å²) >= 11 is 0. The predicted molar refractivity (Wildman–Crippen MR) is 81.8 cm³/mol. The predicted octanol–water partition coefficient (Wildman–Crippen LogP) is -1.12. The van der Waals surface area contributed by atoms with Crippen LogP contribution in [0.1, 0.15) is 32.6 Å². The van der Waals surface area contributed by atoms with Crippen molar-refractivity contribution < 1.29 is 27.9 Å². The third-order valence-corrected chi connectivity index (χ3v) is 4.55. The Morgan fingerprint density at radius 1 is 1.43 bits per heavy atom. The lowest BCUT2D eigenvalue weighted by Gasteiger charge is -2.17. The van der Waals surface area contributed by atoms with Crippen LogP contribution in [-0.4, -0.2) is 61.1 Å². The third kappa shape index (κ3) is 7.42. The number of amides is 2. The Bertz CT molecular complexity index is 562. The van der Waals surface area contributed by atoms with E-state index in [-0.39, 0.29) is 30.4 Å². The molecule has 2 amide bonds. The van der Waals surface area contributed by atoms with Gasteiger partial charge < -0.3 is 15.3 Å². The molecule has 9 nitrogen and oxygen atoms in total. The van der Waals surface area contributed by atoms with Gasteiger partial charge in [0.05, 0.1) is 5.75 Å². The second-order valence-corrected chi connectivity index (χ2v) is 7.49. The van der Waals surface area contributed by atoms with Gasteiger partial charge in [-0.25, -0.2) is 18.4 Å². The number of carbonyl (C=O) groups is 3. The molecule has 0 radical (unpaired) electrons. The van der Waals surface area contributed by atoms with Gasteiger partial charge in [-0.2, -0.15) is 0 Å². The van der Waals surface area contributed by atoms with Crippen LogP contribution in [0.3, 0.4) is 0 Å². The van der Waals surface area contributed by atoms with E-state index in [4.69, 9.17) is 10.2 Å². The van der Waals surface area contributed by atoms with Crippen molar-refractivity contribution in [2.75, 3.05) is 18.8 Å². The van der Waals surface area contributed by atoms with Gasteiger partial charge in [-0.15, -0.1) is 0 Å². The maximum atomic E-state index is 11.8. The fourth-order valence-corrected chi connectivity index (χ4v) is 3.54.